The summed E-state index contributed by atoms with van der Waals surface area (Å²) in [5.41, 5.74) is 3.62. The topological polar surface area (TPSA) is 54.0 Å². The normalized spacial score (nSPS) is 10.6. The third-order valence-electron chi connectivity index (χ3n) is 4.00. The van der Waals surface area contributed by atoms with Crippen molar-refractivity contribution < 1.29 is 4.79 Å². The molecule has 0 aliphatic heterocycles. The molecule has 4 rings (SSSR count). The number of rotatable bonds is 5. The van der Waals surface area contributed by atoms with E-state index in [1.54, 1.807) is 17.5 Å². The first-order valence-electron chi connectivity index (χ1n) is 8.31. The van der Waals surface area contributed by atoms with E-state index in [1.165, 1.54) is 0 Å². The molecule has 1 amide bonds. The van der Waals surface area contributed by atoms with E-state index in [4.69, 9.17) is 0 Å². The van der Waals surface area contributed by atoms with Gasteiger partial charge in [-0.1, -0.05) is 24.3 Å². The number of thiophene rings is 1. The van der Waals surface area contributed by atoms with Crippen molar-refractivity contribution in [3.05, 3.63) is 83.2 Å². The zero-order valence-corrected chi connectivity index (χ0v) is 14.8. The Labute approximate surface area is 155 Å². The Morgan fingerprint density at radius 1 is 0.923 bits per heavy atom. The van der Waals surface area contributed by atoms with E-state index in [2.05, 4.69) is 15.6 Å². The number of para-hydroxylation sites is 1. The highest BCUT2D eigenvalue weighted by molar-refractivity contribution is 7.10. The number of carbonyl (C=O) groups is 1. The minimum absolute atomic E-state index is 0.00795. The molecule has 5 heteroatoms. The first-order chi connectivity index (χ1) is 12.8. The van der Waals surface area contributed by atoms with E-state index in [0.717, 1.165) is 32.8 Å². The van der Waals surface area contributed by atoms with E-state index < -0.39 is 0 Å². The van der Waals surface area contributed by atoms with Crippen molar-refractivity contribution in [2.75, 3.05) is 10.6 Å². The van der Waals surface area contributed by atoms with Gasteiger partial charge in [-0.05, 0) is 47.8 Å². The summed E-state index contributed by atoms with van der Waals surface area (Å²) in [4.78, 5) is 17.6. The van der Waals surface area contributed by atoms with Crippen LogP contribution in [0.2, 0.25) is 0 Å². The van der Waals surface area contributed by atoms with Crippen molar-refractivity contribution in [3.8, 4) is 0 Å². The van der Waals surface area contributed by atoms with E-state index in [9.17, 15) is 4.79 Å². The predicted octanol–water partition coefficient (Wildman–Crippen LogP) is 5.22. The molecule has 0 aliphatic rings. The highest BCUT2D eigenvalue weighted by Gasteiger charge is 2.06. The summed E-state index contributed by atoms with van der Waals surface area (Å²) < 4.78 is 0. The summed E-state index contributed by atoms with van der Waals surface area (Å²) in [5.74, 6) is -0.00795. The number of anilines is 3. The van der Waals surface area contributed by atoms with Crippen LogP contribution in [0.4, 0.5) is 17.1 Å². The molecular weight excluding hydrogens is 342 g/mol. The summed E-state index contributed by atoms with van der Waals surface area (Å²) >= 11 is 1.59. The van der Waals surface area contributed by atoms with Gasteiger partial charge >= 0.3 is 0 Å². The number of amides is 1. The molecule has 0 saturated carbocycles. The second kappa shape index (κ2) is 7.37. The van der Waals surface area contributed by atoms with Crippen LogP contribution in [0, 0.1) is 0 Å². The Kier molecular flexibility index (Phi) is 4.62. The lowest BCUT2D eigenvalue weighted by Crippen LogP contribution is -2.13. The third-order valence-corrected chi connectivity index (χ3v) is 4.87. The minimum Gasteiger partial charge on any atom is -0.354 e. The highest BCUT2D eigenvalue weighted by Crippen LogP contribution is 2.25. The average molecular weight is 359 g/mol. The van der Waals surface area contributed by atoms with Gasteiger partial charge in [-0.3, -0.25) is 9.78 Å². The zero-order valence-electron chi connectivity index (χ0n) is 14.0. The molecule has 128 valence electrons. The van der Waals surface area contributed by atoms with Gasteiger partial charge in [0.05, 0.1) is 17.6 Å². The Morgan fingerprint density at radius 3 is 2.54 bits per heavy atom. The molecule has 2 heterocycles. The standard InChI is InChI=1S/C21H17N3OS/c25-20(14-18-6-3-13-26-18)24-17-10-8-16(9-11-17)23-19-7-1-4-15-5-2-12-22-21(15)19/h1-13,23H,14H2,(H,24,25). The van der Waals surface area contributed by atoms with Gasteiger partial charge in [0.1, 0.15) is 0 Å². The Balaban J connectivity index is 1.45. The minimum atomic E-state index is -0.00795. The first kappa shape index (κ1) is 16.3. The molecule has 0 aliphatic carbocycles. The maximum atomic E-state index is 12.1. The smallest absolute Gasteiger partial charge is 0.229 e. The molecule has 0 bridgehead atoms. The molecule has 0 fully saturated rings. The second-order valence-electron chi connectivity index (χ2n) is 5.89. The van der Waals surface area contributed by atoms with E-state index in [1.807, 2.05) is 72.1 Å². The van der Waals surface area contributed by atoms with E-state index >= 15 is 0 Å². The van der Waals surface area contributed by atoms with Crippen LogP contribution in [0.15, 0.2) is 78.3 Å². The van der Waals surface area contributed by atoms with Gasteiger partial charge in [-0.25, -0.2) is 0 Å². The fourth-order valence-electron chi connectivity index (χ4n) is 2.77. The fraction of sp³-hybridized carbons (Fsp3) is 0.0476. The van der Waals surface area contributed by atoms with Crippen molar-refractivity contribution in [2.45, 2.75) is 6.42 Å². The number of hydrogen-bond donors (Lipinski definition) is 2. The Hall–Kier alpha value is -3.18. The summed E-state index contributed by atoms with van der Waals surface area (Å²) in [7, 11) is 0. The molecule has 4 aromatic rings. The molecule has 0 atom stereocenters. The van der Waals surface area contributed by atoms with Gasteiger partial charge in [0.2, 0.25) is 5.91 Å². The Morgan fingerprint density at radius 2 is 1.73 bits per heavy atom. The number of nitrogens with one attached hydrogen (secondary N) is 2. The van der Waals surface area contributed by atoms with E-state index in [0.29, 0.717) is 6.42 Å². The lowest BCUT2D eigenvalue weighted by Gasteiger charge is -2.10. The number of nitrogens with zero attached hydrogens (tertiary/aromatic N) is 1. The number of carbonyl (C=O) groups excluding carboxylic acids is 1. The molecule has 0 spiro atoms. The maximum Gasteiger partial charge on any atom is 0.229 e. The van der Waals surface area contributed by atoms with Crippen LogP contribution < -0.4 is 10.6 Å². The summed E-state index contributed by atoms with van der Waals surface area (Å²) in [6, 6.07) is 21.6. The number of aromatic nitrogens is 1. The molecule has 2 aromatic carbocycles. The molecule has 26 heavy (non-hydrogen) atoms. The van der Waals surface area contributed by atoms with Gasteiger partial charge in [0.15, 0.2) is 0 Å². The van der Waals surface area contributed by atoms with Gasteiger partial charge in [-0.2, -0.15) is 0 Å². The van der Waals surface area contributed by atoms with Crippen LogP contribution in [0.25, 0.3) is 10.9 Å². The monoisotopic (exact) mass is 359 g/mol. The van der Waals surface area contributed by atoms with E-state index in [-0.39, 0.29) is 5.91 Å². The van der Waals surface area contributed by atoms with Crippen LogP contribution in [-0.2, 0) is 11.2 Å². The summed E-state index contributed by atoms with van der Waals surface area (Å²) in [6.07, 6.45) is 2.19. The van der Waals surface area contributed by atoms with Gasteiger partial charge in [0, 0.05) is 27.8 Å². The highest BCUT2D eigenvalue weighted by atomic mass is 32.1. The lowest BCUT2D eigenvalue weighted by atomic mass is 10.2. The van der Waals surface area contributed by atoms with Crippen molar-refractivity contribution in [1.29, 1.82) is 0 Å². The molecule has 4 nitrogen and oxygen atoms in total. The molecule has 0 radical (unpaired) electrons. The molecule has 0 unspecified atom stereocenters. The summed E-state index contributed by atoms with van der Waals surface area (Å²) in [6.45, 7) is 0. The molecule has 0 saturated heterocycles. The van der Waals surface area contributed by atoms with Crippen molar-refractivity contribution in [1.82, 2.24) is 4.98 Å². The SMILES string of the molecule is O=C(Cc1cccs1)Nc1ccc(Nc2cccc3cccnc23)cc1. The first-order valence-corrected chi connectivity index (χ1v) is 9.19. The van der Waals surface area contributed by atoms with Crippen LogP contribution in [0.3, 0.4) is 0 Å². The fourth-order valence-corrected chi connectivity index (χ4v) is 3.48. The molecular formula is C21H17N3OS. The molecule has 2 aromatic heterocycles. The van der Waals surface area contributed by atoms with Crippen molar-refractivity contribution >= 4 is 45.2 Å². The van der Waals surface area contributed by atoms with Crippen LogP contribution >= 0.6 is 11.3 Å². The number of pyridine rings is 1. The van der Waals surface area contributed by atoms with Gasteiger partial charge in [0.25, 0.3) is 0 Å². The number of hydrogen-bond acceptors (Lipinski definition) is 4. The van der Waals surface area contributed by atoms with Crippen LogP contribution in [-0.4, -0.2) is 10.9 Å². The lowest BCUT2D eigenvalue weighted by molar-refractivity contribution is -0.115. The summed E-state index contributed by atoms with van der Waals surface area (Å²) in [5, 5.41) is 9.39. The third kappa shape index (κ3) is 3.73. The molecule has 2 N–H and O–H groups in total. The maximum absolute atomic E-state index is 12.1. The largest absolute Gasteiger partial charge is 0.354 e. The van der Waals surface area contributed by atoms with Crippen LogP contribution in [0.5, 0.6) is 0 Å². The Bertz CT molecular complexity index is 1020. The number of benzene rings is 2. The average Bonchev–Trinajstić information content (AvgIpc) is 3.16. The van der Waals surface area contributed by atoms with Gasteiger partial charge < -0.3 is 10.6 Å². The predicted molar refractivity (Wildman–Crippen MR) is 108 cm³/mol. The van der Waals surface area contributed by atoms with Crippen LogP contribution in [0.1, 0.15) is 4.88 Å². The van der Waals surface area contributed by atoms with Gasteiger partial charge in [-0.15, -0.1) is 11.3 Å². The second-order valence-corrected chi connectivity index (χ2v) is 6.92. The van der Waals surface area contributed by atoms with Crippen molar-refractivity contribution in [2.24, 2.45) is 0 Å². The quantitative estimate of drug-likeness (QED) is 0.513. The zero-order chi connectivity index (χ0) is 17.8. The number of fused-ring (bicyclic) bond motifs is 1. The van der Waals surface area contributed by atoms with Crippen molar-refractivity contribution in [3.63, 3.8) is 0 Å².